The zero-order valence-corrected chi connectivity index (χ0v) is 14.3. The van der Waals surface area contributed by atoms with Gasteiger partial charge in [0.05, 0.1) is 0 Å². The van der Waals surface area contributed by atoms with Crippen molar-refractivity contribution in [2.75, 3.05) is 0 Å². The molecule has 5 heteroatoms. The van der Waals surface area contributed by atoms with Crippen LogP contribution in [0.25, 0.3) is 22.6 Å². The molecular weight excluding hydrogens is 300 g/mol. The lowest BCUT2D eigenvalue weighted by Crippen LogP contribution is -2.31. The molecule has 3 aromatic rings. The number of nitrogens with zero attached hydrogens (tertiary/aromatic N) is 3. The first-order valence-corrected chi connectivity index (χ1v) is 8.36. The van der Waals surface area contributed by atoms with E-state index in [2.05, 4.69) is 28.7 Å². The van der Waals surface area contributed by atoms with E-state index in [-0.39, 0.29) is 11.9 Å². The number of aromatic nitrogens is 3. The van der Waals surface area contributed by atoms with Gasteiger partial charge in [-0.25, -0.2) is 9.97 Å². The topological polar surface area (TPSA) is 59.8 Å². The Hall–Kier alpha value is -2.69. The molecule has 3 rings (SSSR count). The molecule has 0 aliphatic heterocycles. The molecule has 24 heavy (non-hydrogen) atoms. The first-order chi connectivity index (χ1) is 11.6. The molecule has 0 aliphatic rings. The van der Waals surface area contributed by atoms with Crippen LogP contribution >= 0.6 is 0 Å². The number of carbonyl (C=O) groups is 1. The van der Waals surface area contributed by atoms with Crippen LogP contribution in [-0.2, 0) is 6.54 Å². The molecule has 1 N–H and O–H groups in total. The summed E-state index contributed by atoms with van der Waals surface area (Å²) in [5, 5.41) is 3.00. The summed E-state index contributed by atoms with van der Waals surface area (Å²) in [6.45, 7) is 6.90. The van der Waals surface area contributed by atoms with Crippen molar-refractivity contribution in [1.29, 1.82) is 0 Å². The highest BCUT2D eigenvalue weighted by Gasteiger charge is 2.14. The molecule has 2 aromatic heterocycles. The Morgan fingerprint density at radius 2 is 2.08 bits per heavy atom. The fraction of sp³-hybridized carbons (Fsp3) is 0.316. The fourth-order valence-corrected chi connectivity index (χ4v) is 2.69. The van der Waals surface area contributed by atoms with E-state index in [1.54, 1.807) is 6.20 Å². The van der Waals surface area contributed by atoms with Crippen LogP contribution in [0.5, 0.6) is 0 Å². The summed E-state index contributed by atoms with van der Waals surface area (Å²) in [6.07, 6.45) is 2.68. The molecule has 1 atom stereocenters. The Kier molecular flexibility index (Phi) is 4.60. The normalized spacial score (nSPS) is 12.3. The van der Waals surface area contributed by atoms with Crippen LogP contribution in [-0.4, -0.2) is 26.5 Å². The highest BCUT2D eigenvalue weighted by atomic mass is 16.1. The number of nitrogens with one attached hydrogen (secondary N) is 1. The van der Waals surface area contributed by atoms with Crippen molar-refractivity contribution in [2.45, 2.75) is 39.8 Å². The lowest BCUT2D eigenvalue weighted by molar-refractivity contribution is 0.0939. The number of aryl methyl sites for hydroxylation is 1. The van der Waals surface area contributed by atoms with Crippen LogP contribution in [0, 0.1) is 0 Å². The number of fused-ring (bicyclic) bond motifs is 1. The maximum absolute atomic E-state index is 12.4. The van der Waals surface area contributed by atoms with E-state index in [9.17, 15) is 4.79 Å². The van der Waals surface area contributed by atoms with E-state index < -0.39 is 0 Å². The summed E-state index contributed by atoms with van der Waals surface area (Å²) in [6, 6.07) is 11.6. The molecule has 0 fully saturated rings. The predicted molar refractivity (Wildman–Crippen MR) is 95.9 cm³/mol. The van der Waals surface area contributed by atoms with E-state index in [0.717, 1.165) is 35.5 Å². The maximum atomic E-state index is 12.4. The zero-order chi connectivity index (χ0) is 17.1. The molecule has 5 nitrogen and oxygen atoms in total. The number of amides is 1. The van der Waals surface area contributed by atoms with Gasteiger partial charge in [0.2, 0.25) is 0 Å². The quantitative estimate of drug-likeness (QED) is 0.780. The molecular formula is C19H22N4O. The molecule has 0 saturated carbocycles. The van der Waals surface area contributed by atoms with Gasteiger partial charge in [-0.1, -0.05) is 19.1 Å². The Bertz CT molecular complexity index is 869. The number of hydrogen-bond acceptors (Lipinski definition) is 3. The van der Waals surface area contributed by atoms with Gasteiger partial charge in [0.25, 0.3) is 5.91 Å². The molecule has 0 saturated heterocycles. The SMILES string of the molecule is CCC(C)NC(=O)c1cccc(-c2nc3cccnc3n2CC)c1. The van der Waals surface area contributed by atoms with Gasteiger partial charge in [0, 0.05) is 29.9 Å². The van der Waals surface area contributed by atoms with E-state index in [4.69, 9.17) is 4.98 Å². The number of benzene rings is 1. The van der Waals surface area contributed by atoms with Crippen molar-refractivity contribution in [3.63, 3.8) is 0 Å². The van der Waals surface area contributed by atoms with Gasteiger partial charge in [-0.05, 0) is 44.5 Å². The third-order valence-corrected chi connectivity index (χ3v) is 4.19. The van der Waals surface area contributed by atoms with Crippen molar-refractivity contribution in [3.05, 3.63) is 48.2 Å². The monoisotopic (exact) mass is 322 g/mol. The van der Waals surface area contributed by atoms with Crippen molar-refractivity contribution in [3.8, 4) is 11.4 Å². The Morgan fingerprint density at radius 1 is 1.25 bits per heavy atom. The molecule has 0 radical (unpaired) electrons. The fourth-order valence-electron chi connectivity index (χ4n) is 2.69. The van der Waals surface area contributed by atoms with E-state index in [1.165, 1.54) is 0 Å². The average Bonchev–Trinajstić information content (AvgIpc) is 3.00. The molecule has 124 valence electrons. The second-order valence-electron chi connectivity index (χ2n) is 5.89. The zero-order valence-electron chi connectivity index (χ0n) is 14.3. The van der Waals surface area contributed by atoms with Crippen LogP contribution in [0.3, 0.4) is 0 Å². The molecule has 1 amide bonds. The van der Waals surface area contributed by atoms with Crippen LogP contribution in [0.2, 0.25) is 0 Å². The largest absolute Gasteiger partial charge is 0.350 e. The number of imidazole rings is 1. The van der Waals surface area contributed by atoms with Gasteiger partial charge in [0.1, 0.15) is 11.3 Å². The van der Waals surface area contributed by atoms with Gasteiger partial charge >= 0.3 is 0 Å². The number of rotatable bonds is 5. The van der Waals surface area contributed by atoms with Gasteiger partial charge < -0.3 is 9.88 Å². The molecule has 0 bridgehead atoms. The third-order valence-electron chi connectivity index (χ3n) is 4.19. The van der Waals surface area contributed by atoms with Crippen LogP contribution in [0.15, 0.2) is 42.6 Å². The van der Waals surface area contributed by atoms with E-state index in [1.807, 2.05) is 43.3 Å². The second kappa shape index (κ2) is 6.83. The lowest BCUT2D eigenvalue weighted by Gasteiger charge is -2.12. The van der Waals surface area contributed by atoms with Gasteiger partial charge in [0.15, 0.2) is 5.65 Å². The summed E-state index contributed by atoms with van der Waals surface area (Å²) < 4.78 is 2.07. The predicted octanol–water partition coefficient (Wildman–Crippen LogP) is 3.65. The molecule has 2 heterocycles. The first kappa shape index (κ1) is 16.2. The van der Waals surface area contributed by atoms with Crippen LogP contribution in [0.4, 0.5) is 0 Å². The third kappa shape index (κ3) is 3.02. The Balaban J connectivity index is 2.02. The van der Waals surface area contributed by atoms with Crippen LogP contribution < -0.4 is 5.32 Å². The summed E-state index contributed by atoms with van der Waals surface area (Å²) in [7, 11) is 0. The molecule has 0 aliphatic carbocycles. The average molecular weight is 322 g/mol. The van der Waals surface area contributed by atoms with Crippen molar-refractivity contribution >= 4 is 17.1 Å². The summed E-state index contributed by atoms with van der Waals surface area (Å²) >= 11 is 0. The van der Waals surface area contributed by atoms with E-state index >= 15 is 0 Å². The Morgan fingerprint density at radius 3 is 2.83 bits per heavy atom. The number of carbonyl (C=O) groups excluding carboxylic acids is 1. The molecule has 1 unspecified atom stereocenters. The van der Waals surface area contributed by atoms with Crippen molar-refractivity contribution in [1.82, 2.24) is 19.9 Å². The summed E-state index contributed by atoms with van der Waals surface area (Å²) in [5.74, 6) is 0.785. The minimum atomic E-state index is -0.0523. The standard InChI is InChI=1S/C19H22N4O/c1-4-13(3)21-19(24)15-9-6-8-14(12-15)17-22-16-10-7-11-20-18(16)23(17)5-2/h6-13H,4-5H2,1-3H3,(H,21,24). The van der Waals surface area contributed by atoms with Crippen molar-refractivity contribution < 1.29 is 4.79 Å². The minimum Gasteiger partial charge on any atom is -0.350 e. The highest BCUT2D eigenvalue weighted by Crippen LogP contribution is 2.24. The smallest absolute Gasteiger partial charge is 0.251 e. The molecule has 0 spiro atoms. The number of pyridine rings is 1. The highest BCUT2D eigenvalue weighted by molar-refractivity contribution is 5.95. The Labute approximate surface area is 141 Å². The first-order valence-electron chi connectivity index (χ1n) is 8.36. The lowest BCUT2D eigenvalue weighted by atomic mass is 10.1. The summed E-state index contributed by atoms with van der Waals surface area (Å²) in [4.78, 5) is 21.5. The second-order valence-corrected chi connectivity index (χ2v) is 5.89. The van der Waals surface area contributed by atoms with E-state index in [0.29, 0.717) is 5.56 Å². The van der Waals surface area contributed by atoms with Gasteiger partial charge in [-0.15, -0.1) is 0 Å². The van der Waals surface area contributed by atoms with Gasteiger partial charge in [-0.2, -0.15) is 0 Å². The van der Waals surface area contributed by atoms with Crippen molar-refractivity contribution in [2.24, 2.45) is 0 Å². The summed E-state index contributed by atoms with van der Waals surface area (Å²) in [5.41, 5.74) is 3.30. The molecule has 1 aromatic carbocycles. The number of hydrogen-bond donors (Lipinski definition) is 1. The maximum Gasteiger partial charge on any atom is 0.251 e. The minimum absolute atomic E-state index is 0.0523. The van der Waals surface area contributed by atoms with Crippen LogP contribution in [0.1, 0.15) is 37.6 Å². The van der Waals surface area contributed by atoms with Gasteiger partial charge in [-0.3, -0.25) is 4.79 Å².